The molecule has 0 heterocycles. The van der Waals surface area contributed by atoms with E-state index in [1.807, 2.05) is 0 Å². The Bertz CT molecular complexity index is 374. The van der Waals surface area contributed by atoms with E-state index in [2.05, 4.69) is 6.92 Å². The largest absolute Gasteiger partial charge is 0.491 e. The number of carbonyl (C=O) groups excluding carboxylic acids is 1. The first kappa shape index (κ1) is 13.7. The Morgan fingerprint density at radius 2 is 2.06 bits per heavy atom. The number of halogens is 1. The number of hydrogen-bond acceptors (Lipinski definition) is 2. The van der Waals surface area contributed by atoms with E-state index in [9.17, 15) is 9.18 Å². The van der Waals surface area contributed by atoms with E-state index in [-0.39, 0.29) is 11.5 Å². The molecule has 2 nitrogen and oxygen atoms in total. The van der Waals surface area contributed by atoms with Crippen molar-refractivity contribution in [1.29, 1.82) is 0 Å². The quantitative estimate of drug-likeness (QED) is 0.530. The van der Waals surface area contributed by atoms with E-state index in [1.54, 1.807) is 13.0 Å². The number of hydrogen-bond donors (Lipinski definition) is 0. The molecule has 0 saturated carbocycles. The molecule has 0 spiro atoms. The molecule has 3 heteroatoms. The predicted octanol–water partition coefficient (Wildman–Crippen LogP) is 3.99. The lowest BCUT2D eigenvalue weighted by molar-refractivity contribution is 0.0987. The van der Waals surface area contributed by atoms with Crippen LogP contribution in [-0.4, -0.2) is 12.4 Å². The lowest BCUT2D eigenvalue weighted by Crippen LogP contribution is -2.02. The van der Waals surface area contributed by atoms with Gasteiger partial charge in [0, 0.05) is 12.0 Å². The average Bonchev–Trinajstić information content (AvgIpc) is 2.35. The van der Waals surface area contributed by atoms with Gasteiger partial charge in [0.1, 0.15) is 0 Å². The summed E-state index contributed by atoms with van der Waals surface area (Å²) in [7, 11) is 0. The SMILES string of the molecule is CCCCCOc1ccc(C(=O)CC)cc1F. The Kier molecular flexibility index (Phi) is 5.67. The van der Waals surface area contributed by atoms with Gasteiger partial charge in [-0.2, -0.15) is 0 Å². The number of carbonyl (C=O) groups is 1. The van der Waals surface area contributed by atoms with Crippen LogP contribution in [0.15, 0.2) is 18.2 Å². The number of Topliss-reactive ketones (excluding diaryl/α,β-unsaturated/α-hetero) is 1. The molecule has 0 aromatic heterocycles. The van der Waals surface area contributed by atoms with Crippen LogP contribution in [0.3, 0.4) is 0 Å². The molecule has 1 rings (SSSR count). The van der Waals surface area contributed by atoms with Gasteiger partial charge in [-0.1, -0.05) is 26.7 Å². The molecular weight excluding hydrogens is 219 g/mol. The van der Waals surface area contributed by atoms with Gasteiger partial charge in [-0.3, -0.25) is 4.79 Å². The lowest BCUT2D eigenvalue weighted by atomic mass is 10.1. The zero-order valence-electron chi connectivity index (χ0n) is 10.5. The second-order valence-corrected chi connectivity index (χ2v) is 3.98. The minimum atomic E-state index is -0.458. The summed E-state index contributed by atoms with van der Waals surface area (Å²) in [5, 5.41) is 0. The molecule has 0 aliphatic heterocycles. The Morgan fingerprint density at radius 1 is 1.29 bits per heavy atom. The number of rotatable bonds is 7. The molecule has 0 bridgehead atoms. The van der Waals surface area contributed by atoms with Crippen molar-refractivity contribution in [2.75, 3.05) is 6.61 Å². The maximum atomic E-state index is 13.6. The molecule has 0 aliphatic carbocycles. The van der Waals surface area contributed by atoms with Crippen molar-refractivity contribution < 1.29 is 13.9 Å². The molecule has 0 aliphatic rings. The first-order chi connectivity index (χ1) is 8.19. The van der Waals surface area contributed by atoms with Gasteiger partial charge in [0.15, 0.2) is 17.3 Å². The minimum absolute atomic E-state index is 0.0542. The molecule has 0 N–H and O–H groups in total. The van der Waals surface area contributed by atoms with Crippen LogP contribution in [0, 0.1) is 5.82 Å². The van der Waals surface area contributed by atoms with Gasteiger partial charge < -0.3 is 4.74 Å². The van der Waals surface area contributed by atoms with Gasteiger partial charge in [0.2, 0.25) is 0 Å². The van der Waals surface area contributed by atoms with Crippen molar-refractivity contribution in [3.8, 4) is 5.75 Å². The summed E-state index contributed by atoms with van der Waals surface area (Å²) in [6.07, 6.45) is 3.49. The Hall–Kier alpha value is -1.38. The third-order valence-corrected chi connectivity index (χ3v) is 2.58. The Labute approximate surface area is 102 Å². The van der Waals surface area contributed by atoms with Crippen molar-refractivity contribution in [2.24, 2.45) is 0 Å². The fourth-order valence-corrected chi connectivity index (χ4v) is 1.53. The third kappa shape index (κ3) is 4.17. The van der Waals surface area contributed by atoms with Crippen LogP contribution < -0.4 is 4.74 Å². The topological polar surface area (TPSA) is 26.3 Å². The molecular formula is C14H19FO2. The highest BCUT2D eigenvalue weighted by Gasteiger charge is 2.08. The first-order valence-corrected chi connectivity index (χ1v) is 6.14. The summed E-state index contributed by atoms with van der Waals surface area (Å²) in [6, 6.07) is 4.40. The van der Waals surface area contributed by atoms with Gasteiger partial charge in [-0.05, 0) is 24.6 Å². The molecule has 0 atom stereocenters. The molecule has 0 unspecified atom stereocenters. The fraction of sp³-hybridized carbons (Fsp3) is 0.500. The summed E-state index contributed by atoms with van der Waals surface area (Å²) in [4.78, 5) is 11.4. The standard InChI is InChI=1S/C14H19FO2/c1-3-5-6-9-17-14-8-7-11(10-12(14)15)13(16)4-2/h7-8,10H,3-6,9H2,1-2H3. The van der Waals surface area contributed by atoms with Crippen LogP contribution in [0.5, 0.6) is 5.75 Å². The van der Waals surface area contributed by atoms with Gasteiger partial charge in [0.25, 0.3) is 0 Å². The van der Waals surface area contributed by atoms with Crippen molar-refractivity contribution in [3.63, 3.8) is 0 Å². The summed E-state index contributed by atoms with van der Waals surface area (Å²) < 4.78 is 18.9. The molecule has 94 valence electrons. The van der Waals surface area contributed by atoms with Crippen LogP contribution in [0.2, 0.25) is 0 Å². The average molecular weight is 238 g/mol. The summed E-state index contributed by atoms with van der Waals surface area (Å²) in [5.41, 5.74) is 0.408. The Balaban J connectivity index is 2.60. The van der Waals surface area contributed by atoms with E-state index >= 15 is 0 Å². The molecule has 0 fully saturated rings. The van der Waals surface area contributed by atoms with Crippen LogP contribution in [0.1, 0.15) is 49.9 Å². The minimum Gasteiger partial charge on any atom is -0.491 e. The number of unbranched alkanes of at least 4 members (excludes halogenated alkanes) is 2. The molecule has 1 aromatic rings. The number of ether oxygens (including phenoxy) is 1. The zero-order valence-corrected chi connectivity index (χ0v) is 10.5. The molecule has 0 saturated heterocycles. The van der Waals surface area contributed by atoms with Crippen LogP contribution in [-0.2, 0) is 0 Å². The molecule has 17 heavy (non-hydrogen) atoms. The van der Waals surface area contributed by atoms with Crippen molar-refractivity contribution in [1.82, 2.24) is 0 Å². The van der Waals surface area contributed by atoms with Crippen LogP contribution in [0.25, 0.3) is 0 Å². The second-order valence-electron chi connectivity index (χ2n) is 3.98. The van der Waals surface area contributed by atoms with Crippen molar-refractivity contribution in [3.05, 3.63) is 29.6 Å². The van der Waals surface area contributed by atoms with Gasteiger partial charge in [0.05, 0.1) is 6.61 Å². The normalized spacial score (nSPS) is 10.3. The van der Waals surface area contributed by atoms with E-state index in [0.717, 1.165) is 19.3 Å². The monoisotopic (exact) mass is 238 g/mol. The zero-order chi connectivity index (χ0) is 12.7. The molecule has 0 radical (unpaired) electrons. The van der Waals surface area contributed by atoms with Crippen molar-refractivity contribution in [2.45, 2.75) is 39.5 Å². The Morgan fingerprint density at radius 3 is 2.65 bits per heavy atom. The summed E-state index contributed by atoms with van der Waals surface area (Å²) in [6.45, 7) is 4.38. The maximum Gasteiger partial charge on any atom is 0.165 e. The highest BCUT2D eigenvalue weighted by atomic mass is 19.1. The summed E-state index contributed by atoms with van der Waals surface area (Å²) >= 11 is 0. The van der Waals surface area contributed by atoms with Crippen LogP contribution >= 0.6 is 0 Å². The van der Waals surface area contributed by atoms with Gasteiger partial charge in [-0.15, -0.1) is 0 Å². The smallest absolute Gasteiger partial charge is 0.165 e. The van der Waals surface area contributed by atoms with Crippen LogP contribution in [0.4, 0.5) is 4.39 Å². The second kappa shape index (κ2) is 7.05. The number of ketones is 1. The maximum absolute atomic E-state index is 13.6. The van der Waals surface area contributed by atoms with E-state index in [4.69, 9.17) is 4.74 Å². The highest BCUT2D eigenvalue weighted by molar-refractivity contribution is 5.95. The third-order valence-electron chi connectivity index (χ3n) is 2.58. The lowest BCUT2D eigenvalue weighted by Gasteiger charge is -2.07. The molecule has 1 aromatic carbocycles. The van der Waals surface area contributed by atoms with Gasteiger partial charge >= 0.3 is 0 Å². The molecule has 0 amide bonds. The van der Waals surface area contributed by atoms with E-state index in [0.29, 0.717) is 18.6 Å². The van der Waals surface area contributed by atoms with E-state index < -0.39 is 5.82 Å². The first-order valence-electron chi connectivity index (χ1n) is 6.14. The van der Waals surface area contributed by atoms with Crippen molar-refractivity contribution >= 4 is 5.78 Å². The fourth-order valence-electron chi connectivity index (χ4n) is 1.53. The van der Waals surface area contributed by atoms with Gasteiger partial charge in [-0.25, -0.2) is 4.39 Å². The predicted molar refractivity (Wildman–Crippen MR) is 66.0 cm³/mol. The highest BCUT2D eigenvalue weighted by Crippen LogP contribution is 2.19. The number of benzene rings is 1. The summed E-state index contributed by atoms with van der Waals surface area (Å²) in [5.74, 6) is -0.281. The van der Waals surface area contributed by atoms with E-state index in [1.165, 1.54) is 12.1 Å².